The van der Waals surface area contributed by atoms with Crippen molar-refractivity contribution < 1.29 is 4.74 Å². The molecule has 2 nitrogen and oxygen atoms in total. The van der Waals surface area contributed by atoms with E-state index in [2.05, 4.69) is 12.2 Å². The quantitative estimate of drug-likeness (QED) is 0.640. The van der Waals surface area contributed by atoms with Crippen LogP contribution in [0.4, 0.5) is 0 Å². The summed E-state index contributed by atoms with van der Waals surface area (Å²) in [5.74, 6) is 0. The Labute approximate surface area is 63.0 Å². The minimum absolute atomic E-state index is 0.469. The monoisotopic (exact) mass is 143 g/mol. The van der Waals surface area contributed by atoms with Gasteiger partial charge in [0.1, 0.15) is 0 Å². The molecule has 0 spiro atoms. The lowest BCUT2D eigenvalue weighted by molar-refractivity contribution is 0.117. The van der Waals surface area contributed by atoms with Crippen LogP contribution >= 0.6 is 0 Å². The SMILES string of the molecule is CCCC1CC(OC)CN1. The second-order valence-corrected chi connectivity index (χ2v) is 2.99. The van der Waals surface area contributed by atoms with Gasteiger partial charge in [-0.05, 0) is 12.8 Å². The smallest absolute Gasteiger partial charge is 0.0710 e. The van der Waals surface area contributed by atoms with Crippen LogP contribution in [0.3, 0.4) is 0 Å². The van der Waals surface area contributed by atoms with Gasteiger partial charge >= 0.3 is 0 Å². The fourth-order valence-electron chi connectivity index (χ4n) is 1.53. The second-order valence-electron chi connectivity index (χ2n) is 2.99. The van der Waals surface area contributed by atoms with Gasteiger partial charge in [-0.15, -0.1) is 0 Å². The van der Waals surface area contributed by atoms with Crippen molar-refractivity contribution in [3.05, 3.63) is 0 Å². The molecule has 1 aliphatic rings. The van der Waals surface area contributed by atoms with Gasteiger partial charge in [-0.25, -0.2) is 0 Å². The van der Waals surface area contributed by atoms with Crippen molar-refractivity contribution in [3.8, 4) is 0 Å². The summed E-state index contributed by atoms with van der Waals surface area (Å²) >= 11 is 0. The predicted molar refractivity (Wildman–Crippen MR) is 42.1 cm³/mol. The molecule has 0 saturated carbocycles. The van der Waals surface area contributed by atoms with Crippen molar-refractivity contribution >= 4 is 0 Å². The Bertz CT molecular complexity index is 95.3. The zero-order valence-electron chi connectivity index (χ0n) is 6.89. The molecule has 0 aromatic carbocycles. The summed E-state index contributed by atoms with van der Waals surface area (Å²) in [6.07, 6.45) is 4.23. The Morgan fingerprint density at radius 3 is 2.90 bits per heavy atom. The zero-order valence-corrected chi connectivity index (χ0v) is 6.89. The largest absolute Gasteiger partial charge is 0.380 e. The van der Waals surface area contributed by atoms with Crippen LogP contribution in [-0.2, 0) is 4.74 Å². The van der Waals surface area contributed by atoms with Gasteiger partial charge in [0.2, 0.25) is 0 Å². The Morgan fingerprint density at radius 2 is 2.40 bits per heavy atom. The third kappa shape index (κ3) is 1.96. The molecule has 0 aromatic heterocycles. The predicted octanol–water partition coefficient (Wildman–Crippen LogP) is 1.16. The first-order valence-corrected chi connectivity index (χ1v) is 4.13. The second kappa shape index (κ2) is 3.94. The van der Waals surface area contributed by atoms with Crippen LogP contribution in [0.15, 0.2) is 0 Å². The van der Waals surface area contributed by atoms with Gasteiger partial charge in [0.15, 0.2) is 0 Å². The highest BCUT2D eigenvalue weighted by Crippen LogP contribution is 2.13. The van der Waals surface area contributed by atoms with Crippen molar-refractivity contribution in [2.75, 3.05) is 13.7 Å². The molecule has 2 atom stereocenters. The van der Waals surface area contributed by atoms with Gasteiger partial charge in [0.25, 0.3) is 0 Å². The van der Waals surface area contributed by atoms with E-state index in [0.717, 1.165) is 12.6 Å². The molecule has 60 valence electrons. The number of rotatable bonds is 3. The lowest BCUT2D eigenvalue weighted by Crippen LogP contribution is -2.21. The van der Waals surface area contributed by atoms with Crippen LogP contribution in [-0.4, -0.2) is 25.8 Å². The number of nitrogens with one attached hydrogen (secondary N) is 1. The standard InChI is InChI=1S/C8H17NO/c1-3-4-7-5-8(10-2)6-9-7/h7-9H,3-6H2,1-2H3. The summed E-state index contributed by atoms with van der Waals surface area (Å²) in [4.78, 5) is 0. The Kier molecular flexibility index (Phi) is 3.16. The number of ether oxygens (including phenoxy) is 1. The number of hydrogen-bond acceptors (Lipinski definition) is 2. The van der Waals surface area contributed by atoms with E-state index in [9.17, 15) is 0 Å². The lowest BCUT2D eigenvalue weighted by Gasteiger charge is -2.07. The van der Waals surface area contributed by atoms with Gasteiger partial charge in [0.05, 0.1) is 6.10 Å². The van der Waals surface area contributed by atoms with E-state index in [-0.39, 0.29) is 0 Å². The molecule has 0 amide bonds. The fourth-order valence-corrected chi connectivity index (χ4v) is 1.53. The molecule has 10 heavy (non-hydrogen) atoms. The molecule has 0 bridgehead atoms. The van der Waals surface area contributed by atoms with Crippen molar-refractivity contribution in [3.63, 3.8) is 0 Å². The Balaban J connectivity index is 2.15. The number of hydrogen-bond donors (Lipinski definition) is 1. The third-order valence-corrected chi connectivity index (χ3v) is 2.15. The van der Waals surface area contributed by atoms with E-state index in [1.54, 1.807) is 7.11 Å². The molecule has 2 unspecified atom stereocenters. The molecule has 1 aliphatic heterocycles. The number of methoxy groups -OCH3 is 1. The van der Waals surface area contributed by atoms with Crippen LogP contribution in [0.5, 0.6) is 0 Å². The molecule has 1 heterocycles. The highest BCUT2D eigenvalue weighted by molar-refractivity contribution is 4.81. The lowest BCUT2D eigenvalue weighted by atomic mass is 10.1. The zero-order chi connectivity index (χ0) is 7.40. The first-order valence-electron chi connectivity index (χ1n) is 4.13. The summed E-state index contributed by atoms with van der Waals surface area (Å²) in [6, 6.07) is 0.718. The summed E-state index contributed by atoms with van der Waals surface area (Å²) in [5, 5.41) is 3.43. The first-order chi connectivity index (χ1) is 4.86. The summed E-state index contributed by atoms with van der Waals surface area (Å²) in [5.41, 5.74) is 0. The van der Waals surface area contributed by atoms with E-state index in [4.69, 9.17) is 4.74 Å². The van der Waals surface area contributed by atoms with Gasteiger partial charge in [0, 0.05) is 19.7 Å². The van der Waals surface area contributed by atoms with E-state index in [1.165, 1.54) is 19.3 Å². The van der Waals surface area contributed by atoms with Crippen LogP contribution in [0.2, 0.25) is 0 Å². The molecule has 0 aromatic rings. The van der Waals surface area contributed by atoms with Gasteiger partial charge in [-0.1, -0.05) is 13.3 Å². The van der Waals surface area contributed by atoms with Crippen LogP contribution in [0, 0.1) is 0 Å². The molecule has 1 saturated heterocycles. The van der Waals surface area contributed by atoms with Crippen molar-refractivity contribution in [1.29, 1.82) is 0 Å². The maximum Gasteiger partial charge on any atom is 0.0710 e. The summed E-state index contributed by atoms with van der Waals surface area (Å²) < 4.78 is 5.23. The van der Waals surface area contributed by atoms with Gasteiger partial charge in [-0.2, -0.15) is 0 Å². The van der Waals surface area contributed by atoms with Crippen LogP contribution in [0.25, 0.3) is 0 Å². The Morgan fingerprint density at radius 1 is 1.60 bits per heavy atom. The first kappa shape index (κ1) is 8.02. The highest BCUT2D eigenvalue weighted by Gasteiger charge is 2.22. The molecule has 1 fully saturated rings. The van der Waals surface area contributed by atoms with Crippen molar-refractivity contribution in [1.82, 2.24) is 5.32 Å². The van der Waals surface area contributed by atoms with Gasteiger partial charge in [-0.3, -0.25) is 0 Å². The molecule has 2 heteroatoms. The third-order valence-electron chi connectivity index (χ3n) is 2.15. The molecular weight excluding hydrogens is 126 g/mol. The fraction of sp³-hybridized carbons (Fsp3) is 1.00. The summed E-state index contributed by atoms with van der Waals surface area (Å²) in [6.45, 7) is 3.27. The van der Waals surface area contributed by atoms with Crippen molar-refractivity contribution in [2.24, 2.45) is 0 Å². The molecule has 0 radical (unpaired) electrons. The molecular formula is C8H17NO. The highest BCUT2D eigenvalue weighted by atomic mass is 16.5. The average Bonchev–Trinajstić information content (AvgIpc) is 2.37. The van der Waals surface area contributed by atoms with Crippen LogP contribution < -0.4 is 5.32 Å². The van der Waals surface area contributed by atoms with Gasteiger partial charge < -0.3 is 10.1 Å². The van der Waals surface area contributed by atoms with E-state index < -0.39 is 0 Å². The normalized spacial score (nSPS) is 33.0. The summed E-state index contributed by atoms with van der Waals surface area (Å²) in [7, 11) is 1.79. The molecule has 0 aliphatic carbocycles. The maximum absolute atomic E-state index is 5.23. The van der Waals surface area contributed by atoms with E-state index >= 15 is 0 Å². The van der Waals surface area contributed by atoms with Crippen molar-refractivity contribution in [2.45, 2.75) is 38.3 Å². The molecule has 1 rings (SSSR count). The van der Waals surface area contributed by atoms with Crippen LogP contribution in [0.1, 0.15) is 26.2 Å². The average molecular weight is 143 g/mol. The maximum atomic E-state index is 5.23. The van der Waals surface area contributed by atoms with E-state index in [1.807, 2.05) is 0 Å². The molecule has 1 N–H and O–H groups in total. The Hall–Kier alpha value is -0.0800. The topological polar surface area (TPSA) is 21.3 Å². The van der Waals surface area contributed by atoms with E-state index in [0.29, 0.717) is 6.10 Å². The minimum Gasteiger partial charge on any atom is -0.380 e. The minimum atomic E-state index is 0.469.